The van der Waals surface area contributed by atoms with Gasteiger partial charge in [-0.05, 0) is 32.2 Å². The van der Waals surface area contributed by atoms with Crippen molar-refractivity contribution < 1.29 is 17.7 Å². The van der Waals surface area contributed by atoms with Gasteiger partial charge in [0.1, 0.15) is 5.76 Å². The first-order chi connectivity index (χ1) is 13.9. The lowest BCUT2D eigenvalue weighted by molar-refractivity contribution is -0.137. The lowest BCUT2D eigenvalue weighted by Gasteiger charge is -2.36. The first-order valence-electron chi connectivity index (χ1n) is 10.8. The van der Waals surface area contributed by atoms with Crippen molar-refractivity contribution in [1.29, 1.82) is 0 Å². The van der Waals surface area contributed by atoms with Crippen LogP contribution in [0.4, 0.5) is 0 Å². The minimum Gasteiger partial charge on any atom is -0.360 e. The smallest absolute Gasteiger partial charge is 0.225 e. The van der Waals surface area contributed by atoms with Crippen molar-refractivity contribution in [2.45, 2.75) is 51.5 Å². The van der Waals surface area contributed by atoms with Gasteiger partial charge in [-0.3, -0.25) is 9.69 Å². The summed E-state index contributed by atoms with van der Waals surface area (Å²) in [7, 11) is -3.16. The first-order valence-corrected chi connectivity index (χ1v) is 12.6. The first kappa shape index (κ1) is 20.8. The molecule has 3 aliphatic rings. The molecule has 0 unspecified atom stereocenters. The van der Waals surface area contributed by atoms with Gasteiger partial charge in [-0.1, -0.05) is 12.1 Å². The van der Waals surface area contributed by atoms with Crippen LogP contribution in [0.1, 0.15) is 55.5 Å². The molecule has 0 spiro atoms. The quantitative estimate of drug-likeness (QED) is 0.727. The van der Waals surface area contributed by atoms with Crippen LogP contribution in [0.3, 0.4) is 0 Å². The molecule has 0 radical (unpaired) electrons. The van der Waals surface area contributed by atoms with Crippen LogP contribution in [0.25, 0.3) is 0 Å². The van der Waals surface area contributed by atoms with Gasteiger partial charge in [0, 0.05) is 63.1 Å². The molecule has 0 atom stereocenters. The van der Waals surface area contributed by atoms with Gasteiger partial charge in [0.2, 0.25) is 15.9 Å². The van der Waals surface area contributed by atoms with E-state index in [1.807, 2.05) is 4.90 Å². The van der Waals surface area contributed by atoms with Gasteiger partial charge in [-0.25, -0.2) is 12.7 Å². The maximum absolute atomic E-state index is 12.9. The van der Waals surface area contributed by atoms with E-state index in [4.69, 9.17) is 4.52 Å². The number of fused-ring (bicyclic) bond motifs is 1. The number of hydrogen-bond acceptors (Lipinski definition) is 6. The average Bonchev–Trinajstić information content (AvgIpc) is 3.16. The highest BCUT2D eigenvalue weighted by Gasteiger charge is 2.35. The molecule has 8 nitrogen and oxygen atoms in total. The second-order valence-corrected chi connectivity index (χ2v) is 10.6. The zero-order valence-corrected chi connectivity index (χ0v) is 18.3. The molecule has 4 heterocycles. The number of aromatic nitrogens is 1. The molecule has 3 aliphatic heterocycles. The molecule has 9 heteroatoms. The summed E-state index contributed by atoms with van der Waals surface area (Å²) < 4.78 is 30.6. The van der Waals surface area contributed by atoms with E-state index < -0.39 is 10.0 Å². The van der Waals surface area contributed by atoms with Gasteiger partial charge in [-0.2, -0.15) is 0 Å². The van der Waals surface area contributed by atoms with Crippen molar-refractivity contribution in [3.8, 4) is 0 Å². The van der Waals surface area contributed by atoms with Crippen LogP contribution in [0, 0.1) is 5.92 Å². The van der Waals surface area contributed by atoms with Gasteiger partial charge in [0.15, 0.2) is 0 Å². The lowest BCUT2D eigenvalue weighted by Crippen LogP contribution is -2.46. The molecule has 2 saturated heterocycles. The van der Waals surface area contributed by atoms with Gasteiger partial charge in [0.25, 0.3) is 0 Å². The molecule has 0 N–H and O–H groups in total. The van der Waals surface area contributed by atoms with Crippen molar-refractivity contribution in [1.82, 2.24) is 19.3 Å². The number of hydrogen-bond donors (Lipinski definition) is 0. The topological polar surface area (TPSA) is 87.0 Å². The fourth-order valence-corrected chi connectivity index (χ4v) is 5.81. The normalized spacial score (nSPS) is 23.3. The molecule has 4 rings (SSSR count). The maximum atomic E-state index is 12.9. The summed E-state index contributed by atoms with van der Waals surface area (Å²) in [4.78, 5) is 17.3. The highest BCUT2D eigenvalue weighted by molar-refractivity contribution is 7.88. The monoisotopic (exact) mass is 424 g/mol. The molecule has 0 bridgehead atoms. The Bertz CT molecular complexity index is 837. The highest BCUT2D eigenvalue weighted by Crippen LogP contribution is 2.35. The zero-order valence-electron chi connectivity index (χ0n) is 17.5. The van der Waals surface area contributed by atoms with Gasteiger partial charge in [0.05, 0.1) is 11.9 Å². The minimum atomic E-state index is -3.16. The summed E-state index contributed by atoms with van der Waals surface area (Å²) in [6.45, 7) is 7.56. The number of nitrogens with zero attached hydrogens (tertiary/aromatic N) is 4. The van der Waals surface area contributed by atoms with Crippen LogP contribution >= 0.6 is 0 Å². The number of carbonyl (C=O) groups excluding carboxylic acids is 1. The molecule has 2 fully saturated rings. The van der Waals surface area contributed by atoms with Crippen LogP contribution in [-0.4, -0.2) is 79.1 Å². The van der Waals surface area contributed by atoms with E-state index in [0.29, 0.717) is 31.8 Å². The number of rotatable bonds is 4. The summed E-state index contributed by atoms with van der Waals surface area (Å²) in [6, 6.07) is 0. The number of carbonyl (C=O) groups is 1. The summed E-state index contributed by atoms with van der Waals surface area (Å²) in [5.74, 6) is 1.50. The van der Waals surface area contributed by atoms with Gasteiger partial charge >= 0.3 is 0 Å². The largest absolute Gasteiger partial charge is 0.360 e. The summed E-state index contributed by atoms with van der Waals surface area (Å²) in [5, 5.41) is 4.32. The van der Waals surface area contributed by atoms with Crippen LogP contribution in [0.5, 0.6) is 0 Å². The minimum absolute atomic E-state index is 0.0549. The van der Waals surface area contributed by atoms with Crippen molar-refractivity contribution in [2.24, 2.45) is 5.92 Å². The molecule has 29 heavy (non-hydrogen) atoms. The van der Waals surface area contributed by atoms with E-state index >= 15 is 0 Å². The van der Waals surface area contributed by atoms with E-state index in [-0.39, 0.29) is 11.8 Å². The van der Waals surface area contributed by atoms with E-state index in [9.17, 15) is 13.2 Å². The molecular weight excluding hydrogens is 392 g/mol. The van der Waals surface area contributed by atoms with Crippen molar-refractivity contribution in [3.05, 3.63) is 17.0 Å². The molecule has 0 saturated carbocycles. The maximum Gasteiger partial charge on any atom is 0.225 e. The van der Waals surface area contributed by atoms with E-state index in [0.717, 1.165) is 63.4 Å². The van der Waals surface area contributed by atoms with Crippen molar-refractivity contribution in [3.63, 3.8) is 0 Å². The number of sulfonamides is 1. The molecular formula is C20H32N4O4S. The third-order valence-electron chi connectivity index (χ3n) is 6.84. The van der Waals surface area contributed by atoms with Crippen LogP contribution < -0.4 is 0 Å². The Hall–Kier alpha value is -1.45. The fourth-order valence-electron chi connectivity index (χ4n) is 4.93. The summed E-state index contributed by atoms with van der Waals surface area (Å²) in [5.41, 5.74) is 2.39. The average molecular weight is 425 g/mol. The molecule has 0 aromatic carbocycles. The Kier molecular flexibility index (Phi) is 5.99. The highest BCUT2D eigenvalue weighted by atomic mass is 32.2. The summed E-state index contributed by atoms with van der Waals surface area (Å²) in [6.07, 6.45) is 5.24. The fraction of sp³-hybridized carbons (Fsp3) is 0.800. The van der Waals surface area contributed by atoms with Gasteiger partial charge < -0.3 is 9.42 Å². The second kappa shape index (κ2) is 8.35. The third kappa shape index (κ3) is 4.36. The Labute approximate surface area is 173 Å². The van der Waals surface area contributed by atoms with E-state index in [2.05, 4.69) is 17.0 Å². The Balaban J connectivity index is 1.32. The third-order valence-corrected chi connectivity index (χ3v) is 8.15. The summed E-state index contributed by atoms with van der Waals surface area (Å²) >= 11 is 0. The lowest BCUT2D eigenvalue weighted by atomic mass is 9.88. The predicted molar refractivity (Wildman–Crippen MR) is 109 cm³/mol. The molecule has 1 amide bonds. The Morgan fingerprint density at radius 2 is 1.79 bits per heavy atom. The molecule has 0 aliphatic carbocycles. The second-order valence-electron chi connectivity index (χ2n) is 8.63. The Morgan fingerprint density at radius 3 is 2.41 bits per heavy atom. The van der Waals surface area contributed by atoms with E-state index in [1.165, 1.54) is 16.1 Å². The molecule has 1 aromatic heterocycles. The van der Waals surface area contributed by atoms with Crippen LogP contribution in [-0.2, 0) is 27.8 Å². The Morgan fingerprint density at radius 1 is 1.10 bits per heavy atom. The standard InChI is InChI=1S/C20H32N4O4S/c1-3-22-9-8-18-17(14-22)19(28-21-18)15-4-10-23(11-5-15)20(25)16-6-12-24(13-7-16)29(2,26)27/h15-16H,3-14H2,1-2H3. The molecule has 162 valence electrons. The number of piperidine rings is 2. The van der Waals surface area contributed by atoms with Gasteiger partial charge in [-0.15, -0.1) is 0 Å². The predicted octanol–water partition coefficient (Wildman–Crippen LogP) is 1.43. The zero-order chi connectivity index (χ0) is 20.6. The SMILES string of the molecule is CCN1CCc2noc(C3CCN(C(=O)C4CCN(S(C)(=O)=O)CC4)CC3)c2C1. The molecule has 1 aromatic rings. The van der Waals surface area contributed by atoms with E-state index in [1.54, 1.807) is 0 Å². The van der Waals surface area contributed by atoms with Crippen molar-refractivity contribution in [2.75, 3.05) is 45.5 Å². The number of likely N-dealkylation sites (N-methyl/N-ethyl adjacent to an activating group) is 1. The van der Waals surface area contributed by atoms with Crippen LogP contribution in [0.2, 0.25) is 0 Å². The number of amides is 1. The number of likely N-dealkylation sites (tertiary alicyclic amines) is 1. The van der Waals surface area contributed by atoms with Crippen molar-refractivity contribution >= 4 is 15.9 Å². The van der Waals surface area contributed by atoms with Crippen LogP contribution in [0.15, 0.2) is 4.52 Å².